The Bertz CT molecular complexity index is 738. The van der Waals surface area contributed by atoms with Crippen LogP contribution in [0, 0.1) is 13.8 Å². The van der Waals surface area contributed by atoms with E-state index in [2.05, 4.69) is 66.6 Å². The van der Waals surface area contributed by atoms with E-state index in [0.717, 1.165) is 5.69 Å². The molecule has 0 aliphatic carbocycles. The van der Waals surface area contributed by atoms with Crippen molar-refractivity contribution in [1.82, 2.24) is 4.98 Å². The Hall–Kier alpha value is -2.22. The number of nitrogens with one attached hydrogen (secondary N) is 2. The van der Waals surface area contributed by atoms with Gasteiger partial charge in [-0.3, -0.25) is 0 Å². The summed E-state index contributed by atoms with van der Waals surface area (Å²) in [5.74, 6) is 0. The normalized spacial score (nSPS) is 10.9. The minimum Gasteiger partial charge on any atom is -0.388 e. The van der Waals surface area contributed by atoms with Crippen molar-refractivity contribution >= 4 is 16.6 Å². The van der Waals surface area contributed by atoms with E-state index in [-0.39, 0.29) is 0 Å². The molecule has 0 fully saturated rings. The van der Waals surface area contributed by atoms with Gasteiger partial charge >= 0.3 is 0 Å². The highest BCUT2D eigenvalue weighted by Crippen LogP contribution is 2.28. The van der Waals surface area contributed by atoms with Crippen molar-refractivity contribution in [1.29, 1.82) is 0 Å². The summed E-state index contributed by atoms with van der Waals surface area (Å²) in [4.78, 5) is 3.42. The Morgan fingerprint density at radius 3 is 2.53 bits per heavy atom. The molecule has 2 heteroatoms. The minimum atomic E-state index is 1.14. The molecule has 0 radical (unpaired) electrons. The van der Waals surface area contributed by atoms with Gasteiger partial charge in [0.25, 0.3) is 0 Å². The van der Waals surface area contributed by atoms with Crippen molar-refractivity contribution in [3.63, 3.8) is 0 Å². The van der Waals surface area contributed by atoms with Crippen LogP contribution in [-0.4, -0.2) is 12.0 Å². The molecule has 3 rings (SSSR count). The molecule has 1 heterocycles. The molecular weight excluding hydrogens is 232 g/mol. The molecule has 0 aliphatic rings. The molecule has 96 valence electrons. The molecule has 0 saturated heterocycles. The number of aromatic amines is 1. The highest BCUT2D eigenvalue weighted by Gasteiger charge is 2.06. The van der Waals surface area contributed by atoms with E-state index in [9.17, 15) is 0 Å². The van der Waals surface area contributed by atoms with Crippen LogP contribution in [0.2, 0.25) is 0 Å². The number of aromatic nitrogens is 1. The average Bonchev–Trinajstić information content (AvgIpc) is 2.74. The van der Waals surface area contributed by atoms with E-state index >= 15 is 0 Å². The van der Waals surface area contributed by atoms with Crippen molar-refractivity contribution in [2.75, 3.05) is 12.4 Å². The number of H-pyrrole nitrogens is 1. The van der Waals surface area contributed by atoms with Gasteiger partial charge in [0.1, 0.15) is 0 Å². The fraction of sp³-hybridized carbons (Fsp3) is 0.176. The lowest BCUT2D eigenvalue weighted by atomic mass is 10.0. The number of hydrogen-bond acceptors (Lipinski definition) is 1. The lowest BCUT2D eigenvalue weighted by molar-refractivity contribution is 1.25. The van der Waals surface area contributed by atoms with E-state index in [1.807, 2.05) is 7.05 Å². The highest BCUT2D eigenvalue weighted by atomic mass is 14.8. The van der Waals surface area contributed by atoms with Crippen molar-refractivity contribution in [2.24, 2.45) is 0 Å². The molecule has 2 aromatic carbocycles. The zero-order chi connectivity index (χ0) is 13.4. The summed E-state index contributed by atoms with van der Waals surface area (Å²) >= 11 is 0. The average molecular weight is 250 g/mol. The van der Waals surface area contributed by atoms with Crippen LogP contribution >= 0.6 is 0 Å². The van der Waals surface area contributed by atoms with Gasteiger partial charge in [0.2, 0.25) is 0 Å². The maximum Gasteiger partial charge on any atom is 0.0459 e. The molecular formula is C17H18N2. The summed E-state index contributed by atoms with van der Waals surface area (Å²) in [5, 5.41) is 4.49. The summed E-state index contributed by atoms with van der Waals surface area (Å²) in [5.41, 5.74) is 7.43. The number of benzene rings is 2. The van der Waals surface area contributed by atoms with E-state index in [1.165, 1.54) is 33.3 Å². The second kappa shape index (κ2) is 4.47. The maximum atomic E-state index is 3.42. The summed E-state index contributed by atoms with van der Waals surface area (Å²) < 4.78 is 0. The molecule has 0 bridgehead atoms. The van der Waals surface area contributed by atoms with Crippen LogP contribution in [-0.2, 0) is 0 Å². The number of anilines is 1. The lowest BCUT2D eigenvalue weighted by Gasteiger charge is -2.05. The van der Waals surface area contributed by atoms with Gasteiger partial charge < -0.3 is 10.3 Å². The Labute approximate surface area is 113 Å². The van der Waals surface area contributed by atoms with Crippen molar-refractivity contribution in [3.8, 4) is 11.1 Å². The monoisotopic (exact) mass is 250 g/mol. The van der Waals surface area contributed by atoms with Crippen molar-refractivity contribution < 1.29 is 0 Å². The standard InChI is InChI=1S/C17H18N2/c1-11-12(2)19-17-8-7-14(10-16(11)17)13-5-4-6-15(9-13)18-3/h4-10,18-19H,1-3H3. The Morgan fingerprint density at radius 1 is 0.947 bits per heavy atom. The molecule has 2 nitrogen and oxygen atoms in total. The smallest absolute Gasteiger partial charge is 0.0459 e. The van der Waals surface area contributed by atoms with Crippen LogP contribution in [0.25, 0.3) is 22.0 Å². The van der Waals surface area contributed by atoms with Crippen molar-refractivity contribution in [3.05, 3.63) is 53.7 Å². The molecule has 2 N–H and O–H groups in total. The van der Waals surface area contributed by atoms with Gasteiger partial charge in [0.15, 0.2) is 0 Å². The molecule has 0 amide bonds. The summed E-state index contributed by atoms with van der Waals surface area (Å²) in [6.45, 7) is 4.29. The second-order valence-electron chi connectivity index (χ2n) is 4.97. The SMILES string of the molecule is CNc1cccc(-c2ccc3[nH]c(C)c(C)c3c2)c1. The third-order valence-electron chi connectivity index (χ3n) is 3.79. The first-order chi connectivity index (χ1) is 9.19. The van der Waals surface area contributed by atoms with Gasteiger partial charge in [-0.15, -0.1) is 0 Å². The summed E-state index contributed by atoms with van der Waals surface area (Å²) in [6.07, 6.45) is 0. The minimum absolute atomic E-state index is 1.14. The lowest BCUT2D eigenvalue weighted by Crippen LogP contribution is -1.87. The van der Waals surface area contributed by atoms with Gasteiger partial charge in [0.05, 0.1) is 0 Å². The fourth-order valence-corrected chi connectivity index (χ4v) is 2.50. The maximum absolute atomic E-state index is 3.42. The van der Waals surface area contributed by atoms with Gasteiger partial charge in [-0.05, 0) is 54.8 Å². The first kappa shape index (κ1) is 11.8. The first-order valence-electron chi connectivity index (χ1n) is 6.56. The molecule has 0 atom stereocenters. The van der Waals surface area contributed by atoms with Gasteiger partial charge in [-0.25, -0.2) is 0 Å². The predicted molar refractivity (Wildman–Crippen MR) is 82.8 cm³/mol. The van der Waals surface area contributed by atoms with E-state index in [1.54, 1.807) is 0 Å². The largest absolute Gasteiger partial charge is 0.388 e. The molecule has 19 heavy (non-hydrogen) atoms. The highest BCUT2D eigenvalue weighted by molar-refractivity contribution is 5.89. The molecule has 0 aliphatic heterocycles. The van der Waals surface area contributed by atoms with Crippen LogP contribution in [0.1, 0.15) is 11.3 Å². The van der Waals surface area contributed by atoms with E-state index in [4.69, 9.17) is 0 Å². The van der Waals surface area contributed by atoms with Crippen molar-refractivity contribution in [2.45, 2.75) is 13.8 Å². The number of fused-ring (bicyclic) bond motifs is 1. The topological polar surface area (TPSA) is 27.8 Å². The molecule has 0 unspecified atom stereocenters. The first-order valence-corrected chi connectivity index (χ1v) is 6.56. The molecule has 0 saturated carbocycles. The Balaban J connectivity index is 2.16. The zero-order valence-electron chi connectivity index (χ0n) is 11.5. The van der Waals surface area contributed by atoms with Gasteiger partial charge in [-0.1, -0.05) is 18.2 Å². The van der Waals surface area contributed by atoms with Crippen LogP contribution < -0.4 is 5.32 Å². The quantitative estimate of drug-likeness (QED) is 0.689. The molecule has 1 aromatic heterocycles. The zero-order valence-corrected chi connectivity index (χ0v) is 11.5. The Morgan fingerprint density at radius 2 is 1.74 bits per heavy atom. The second-order valence-corrected chi connectivity index (χ2v) is 4.97. The van der Waals surface area contributed by atoms with Crippen LogP contribution in [0.4, 0.5) is 5.69 Å². The Kier molecular flexibility index (Phi) is 2.79. The summed E-state index contributed by atoms with van der Waals surface area (Å²) in [6, 6.07) is 15.1. The third kappa shape index (κ3) is 1.99. The van der Waals surface area contributed by atoms with E-state index < -0.39 is 0 Å². The van der Waals surface area contributed by atoms with Crippen LogP contribution in [0.3, 0.4) is 0 Å². The van der Waals surface area contributed by atoms with Crippen LogP contribution in [0.5, 0.6) is 0 Å². The summed E-state index contributed by atoms with van der Waals surface area (Å²) in [7, 11) is 1.95. The molecule has 0 spiro atoms. The van der Waals surface area contributed by atoms with Gasteiger partial charge in [0, 0.05) is 29.3 Å². The predicted octanol–water partition coefficient (Wildman–Crippen LogP) is 4.49. The third-order valence-corrected chi connectivity index (χ3v) is 3.79. The van der Waals surface area contributed by atoms with Gasteiger partial charge in [-0.2, -0.15) is 0 Å². The number of rotatable bonds is 2. The van der Waals surface area contributed by atoms with E-state index in [0.29, 0.717) is 0 Å². The van der Waals surface area contributed by atoms with Crippen LogP contribution in [0.15, 0.2) is 42.5 Å². The fourth-order valence-electron chi connectivity index (χ4n) is 2.50. The number of hydrogen-bond donors (Lipinski definition) is 2. The molecule has 3 aromatic rings. The number of aryl methyl sites for hydroxylation is 2.